The number of amides is 2. The molecule has 29 heavy (non-hydrogen) atoms. The van der Waals surface area contributed by atoms with Crippen molar-refractivity contribution in [3.63, 3.8) is 0 Å². The third kappa shape index (κ3) is 5.17. The van der Waals surface area contributed by atoms with Crippen molar-refractivity contribution in [1.29, 1.82) is 0 Å². The van der Waals surface area contributed by atoms with E-state index >= 15 is 0 Å². The lowest BCUT2D eigenvalue weighted by molar-refractivity contribution is 0.0937. The van der Waals surface area contributed by atoms with Gasteiger partial charge in [-0.1, -0.05) is 30.3 Å². The van der Waals surface area contributed by atoms with Crippen LogP contribution >= 0.6 is 0 Å². The molecule has 0 aliphatic rings. The average Bonchev–Trinajstić information content (AvgIpc) is 2.74. The summed E-state index contributed by atoms with van der Waals surface area (Å²) in [4.78, 5) is 36.2. The first kappa shape index (κ1) is 20.0. The third-order valence-corrected chi connectivity index (χ3v) is 4.61. The van der Waals surface area contributed by atoms with Crippen molar-refractivity contribution < 1.29 is 14.4 Å². The Kier molecular flexibility index (Phi) is 6.19. The van der Waals surface area contributed by atoms with Crippen molar-refractivity contribution in [1.82, 2.24) is 5.32 Å². The van der Waals surface area contributed by atoms with Crippen LogP contribution in [0.15, 0.2) is 78.9 Å². The molecule has 0 saturated heterocycles. The van der Waals surface area contributed by atoms with E-state index in [-0.39, 0.29) is 23.6 Å². The van der Waals surface area contributed by atoms with Crippen LogP contribution in [-0.2, 0) is 0 Å². The number of rotatable bonds is 6. The fraction of sp³-hybridized carbons (Fsp3) is 0.125. The van der Waals surface area contributed by atoms with Gasteiger partial charge in [-0.2, -0.15) is 0 Å². The second-order valence-electron chi connectivity index (χ2n) is 6.77. The van der Waals surface area contributed by atoms with Gasteiger partial charge in [0.05, 0.1) is 6.04 Å². The molecule has 5 nitrogen and oxygen atoms in total. The minimum absolute atomic E-state index is 0.0293. The molecule has 1 atom stereocenters. The second-order valence-corrected chi connectivity index (χ2v) is 6.77. The standard InChI is InChI=1S/C24H22N2O3/c1-16(18-6-4-3-5-7-18)25-23(28)20-8-10-21(11-9-20)24(29)26-22-14-12-19(13-15-22)17(2)27/h3-16H,1-2H3,(H,25,28)(H,26,29). The van der Waals surface area contributed by atoms with E-state index in [1.165, 1.54) is 6.92 Å². The Morgan fingerprint density at radius 2 is 1.21 bits per heavy atom. The largest absolute Gasteiger partial charge is 0.346 e. The van der Waals surface area contributed by atoms with Crippen molar-refractivity contribution in [3.8, 4) is 0 Å². The minimum Gasteiger partial charge on any atom is -0.346 e. The Morgan fingerprint density at radius 3 is 1.76 bits per heavy atom. The molecule has 3 aromatic rings. The normalized spacial score (nSPS) is 11.4. The quantitative estimate of drug-likeness (QED) is 0.607. The first-order valence-electron chi connectivity index (χ1n) is 9.32. The van der Waals surface area contributed by atoms with Crippen molar-refractivity contribution in [2.75, 3.05) is 5.32 Å². The molecule has 3 rings (SSSR count). The van der Waals surface area contributed by atoms with Crippen molar-refractivity contribution in [3.05, 3.63) is 101 Å². The molecule has 1 unspecified atom stereocenters. The number of hydrogen-bond acceptors (Lipinski definition) is 3. The lowest BCUT2D eigenvalue weighted by atomic mass is 10.1. The van der Waals surface area contributed by atoms with Crippen LogP contribution in [0.3, 0.4) is 0 Å². The maximum Gasteiger partial charge on any atom is 0.255 e. The minimum atomic E-state index is -0.287. The molecule has 0 bridgehead atoms. The molecule has 0 fully saturated rings. The van der Waals surface area contributed by atoms with Crippen molar-refractivity contribution in [2.24, 2.45) is 0 Å². The molecule has 0 spiro atoms. The van der Waals surface area contributed by atoms with Gasteiger partial charge in [-0.15, -0.1) is 0 Å². The van der Waals surface area contributed by atoms with E-state index in [0.29, 0.717) is 22.4 Å². The monoisotopic (exact) mass is 386 g/mol. The van der Waals surface area contributed by atoms with Gasteiger partial charge < -0.3 is 10.6 Å². The fourth-order valence-corrected chi connectivity index (χ4v) is 2.87. The van der Waals surface area contributed by atoms with E-state index < -0.39 is 0 Å². The van der Waals surface area contributed by atoms with Gasteiger partial charge in [0, 0.05) is 22.4 Å². The third-order valence-electron chi connectivity index (χ3n) is 4.61. The Labute approximate surface area is 169 Å². The van der Waals surface area contributed by atoms with Crippen LogP contribution in [0.2, 0.25) is 0 Å². The summed E-state index contributed by atoms with van der Waals surface area (Å²) in [6, 6.07) is 22.8. The maximum atomic E-state index is 12.4. The van der Waals surface area contributed by atoms with E-state index in [1.807, 2.05) is 37.3 Å². The first-order chi connectivity index (χ1) is 13.9. The fourth-order valence-electron chi connectivity index (χ4n) is 2.87. The van der Waals surface area contributed by atoms with E-state index in [1.54, 1.807) is 48.5 Å². The van der Waals surface area contributed by atoms with E-state index in [4.69, 9.17) is 0 Å². The molecular weight excluding hydrogens is 364 g/mol. The summed E-state index contributed by atoms with van der Waals surface area (Å²) < 4.78 is 0. The van der Waals surface area contributed by atoms with Gasteiger partial charge in [0.25, 0.3) is 11.8 Å². The van der Waals surface area contributed by atoms with Gasteiger partial charge in [-0.3, -0.25) is 14.4 Å². The number of Topliss-reactive ketones (excluding diaryl/α,β-unsaturated/α-hetero) is 1. The molecule has 5 heteroatoms. The molecule has 146 valence electrons. The molecule has 0 aromatic heterocycles. The van der Waals surface area contributed by atoms with Gasteiger partial charge in [-0.05, 0) is 67.9 Å². The molecule has 0 aliphatic heterocycles. The zero-order valence-electron chi connectivity index (χ0n) is 16.3. The topological polar surface area (TPSA) is 75.3 Å². The van der Waals surface area contributed by atoms with Gasteiger partial charge in [0.15, 0.2) is 5.78 Å². The van der Waals surface area contributed by atoms with E-state index in [2.05, 4.69) is 10.6 Å². The van der Waals surface area contributed by atoms with Crippen LogP contribution in [0.5, 0.6) is 0 Å². The Bertz CT molecular complexity index is 1010. The molecule has 3 aromatic carbocycles. The summed E-state index contributed by atoms with van der Waals surface area (Å²) in [5, 5.41) is 5.72. The number of anilines is 1. The SMILES string of the molecule is CC(=O)c1ccc(NC(=O)c2ccc(C(=O)NC(C)c3ccccc3)cc2)cc1. The van der Waals surface area contributed by atoms with Crippen LogP contribution < -0.4 is 10.6 Å². The lowest BCUT2D eigenvalue weighted by Crippen LogP contribution is -2.26. The number of carbonyl (C=O) groups is 3. The molecular formula is C24H22N2O3. The zero-order chi connectivity index (χ0) is 20.8. The zero-order valence-corrected chi connectivity index (χ0v) is 16.3. The van der Waals surface area contributed by atoms with Crippen LogP contribution in [0, 0.1) is 0 Å². The van der Waals surface area contributed by atoms with Crippen LogP contribution in [0.4, 0.5) is 5.69 Å². The number of ketones is 1. The smallest absolute Gasteiger partial charge is 0.255 e. The number of hydrogen-bond donors (Lipinski definition) is 2. The summed E-state index contributed by atoms with van der Waals surface area (Å²) in [5.41, 5.74) is 3.12. The van der Waals surface area contributed by atoms with E-state index in [0.717, 1.165) is 5.56 Å². The van der Waals surface area contributed by atoms with Crippen LogP contribution in [0.1, 0.15) is 56.5 Å². The van der Waals surface area contributed by atoms with Gasteiger partial charge in [0.2, 0.25) is 0 Å². The number of nitrogens with one attached hydrogen (secondary N) is 2. The average molecular weight is 386 g/mol. The highest BCUT2D eigenvalue weighted by atomic mass is 16.2. The maximum absolute atomic E-state index is 12.4. The molecule has 2 N–H and O–H groups in total. The Morgan fingerprint density at radius 1 is 0.690 bits per heavy atom. The lowest BCUT2D eigenvalue weighted by Gasteiger charge is -2.14. The number of carbonyl (C=O) groups excluding carboxylic acids is 3. The number of benzene rings is 3. The Balaban J connectivity index is 1.62. The van der Waals surface area contributed by atoms with Crippen molar-refractivity contribution in [2.45, 2.75) is 19.9 Å². The summed E-state index contributed by atoms with van der Waals surface area (Å²) in [7, 11) is 0. The Hall–Kier alpha value is -3.73. The highest BCUT2D eigenvalue weighted by Gasteiger charge is 2.13. The highest BCUT2D eigenvalue weighted by Crippen LogP contribution is 2.15. The first-order valence-corrected chi connectivity index (χ1v) is 9.32. The summed E-state index contributed by atoms with van der Waals surface area (Å²) in [6.45, 7) is 3.42. The molecule has 0 aliphatic carbocycles. The molecule has 0 saturated carbocycles. The molecule has 0 radical (unpaired) electrons. The summed E-state index contributed by atoms with van der Waals surface area (Å²) >= 11 is 0. The van der Waals surface area contributed by atoms with E-state index in [9.17, 15) is 14.4 Å². The second kappa shape index (κ2) is 8.97. The predicted octanol–water partition coefficient (Wildman–Crippen LogP) is 4.63. The highest BCUT2D eigenvalue weighted by molar-refractivity contribution is 6.05. The summed E-state index contributed by atoms with van der Waals surface area (Å²) in [5.74, 6) is -0.517. The molecule has 2 amide bonds. The van der Waals surface area contributed by atoms with Crippen LogP contribution in [0.25, 0.3) is 0 Å². The summed E-state index contributed by atoms with van der Waals surface area (Å²) in [6.07, 6.45) is 0. The van der Waals surface area contributed by atoms with Crippen LogP contribution in [-0.4, -0.2) is 17.6 Å². The predicted molar refractivity (Wildman–Crippen MR) is 113 cm³/mol. The van der Waals surface area contributed by atoms with Crippen molar-refractivity contribution >= 4 is 23.3 Å². The van der Waals surface area contributed by atoms with Gasteiger partial charge in [-0.25, -0.2) is 0 Å². The van der Waals surface area contributed by atoms with Gasteiger partial charge >= 0.3 is 0 Å². The van der Waals surface area contributed by atoms with Gasteiger partial charge in [0.1, 0.15) is 0 Å². The molecule has 0 heterocycles.